The smallest absolute Gasteiger partial charge is 0.294 e. The minimum absolute atomic E-state index is 0.0261. The zero-order chi connectivity index (χ0) is 20.9. The van der Waals surface area contributed by atoms with Crippen LogP contribution >= 0.6 is 11.3 Å². The van der Waals surface area contributed by atoms with Crippen molar-refractivity contribution in [1.29, 1.82) is 0 Å². The molecule has 1 unspecified atom stereocenters. The van der Waals surface area contributed by atoms with E-state index in [1.54, 1.807) is 19.9 Å². The summed E-state index contributed by atoms with van der Waals surface area (Å²) in [5, 5.41) is 11.2. The van der Waals surface area contributed by atoms with Crippen molar-refractivity contribution in [2.75, 3.05) is 4.90 Å². The van der Waals surface area contributed by atoms with E-state index in [2.05, 4.69) is 4.98 Å². The maximum Gasteiger partial charge on any atom is 0.294 e. The third kappa shape index (κ3) is 3.03. The van der Waals surface area contributed by atoms with E-state index in [9.17, 15) is 23.5 Å². The number of benzene rings is 1. The van der Waals surface area contributed by atoms with E-state index >= 15 is 0 Å². The summed E-state index contributed by atoms with van der Waals surface area (Å²) >= 11 is 1.14. The number of nitrogens with zero attached hydrogens (tertiary/aromatic N) is 2. The number of halogens is 2. The number of aliphatic hydroxyl groups is 1. The summed E-state index contributed by atoms with van der Waals surface area (Å²) in [7, 11) is 0. The van der Waals surface area contributed by atoms with Gasteiger partial charge in [0, 0.05) is 11.8 Å². The van der Waals surface area contributed by atoms with Crippen LogP contribution in [0.5, 0.6) is 0 Å². The fourth-order valence-electron chi connectivity index (χ4n) is 3.32. The van der Waals surface area contributed by atoms with Crippen LogP contribution in [0.25, 0.3) is 0 Å². The molecule has 0 aliphatic carbocycles. The van der Waals surface area contributed by atoms with E-state index in [4.69, 9.17) is 4.42 Å². The first kappa shape index (κ1) is 19.0. The minimum atomic E-state index is -1.17. The van der Waals surface area contributed by atoms with Crippen molar-refractivity contribution >= 4 is 28.7 Å². The second kappa shape index (κ2) is 6.93. The summed E-state index contributed by atoms with van der Waals surface area (Å²) in [6, 6.07) is 4.83. The molecule has 3 heterocycles. The molecule has 0 saturated heterocycles. The van der Waals surface area contributed by atoms with Gasteiger partial charge in [-0.15, -0.1) is 11.3 Å². The lowest BCUT2D eigenvalue weighted by atomic mass is 9.99. The highest BCUT2D eigenvalue weighted by atomic mass is 32.1. The minimum Gasteiger partial charge on any atom is -0.503 e. The Hall–Kier alpha value is -3.33. The van der Waals surface area contributed by atoms with Crippen LogP contribution < -0.4 is 4.90 Å². The van der Waals surface area contributed by atoms with Crippen LogP contribution in [0, 0.1) is 25.5 Å². The molecule has 0 radical (unpaired) electrons. The van der Waals surface area contributed by atoms with Gasteiger partial charge in [0.25, 0.3) is 5.91 Å². The number of aryl methyl sites for hydroxylation is 2. The highest BCUT2D eigenvalue weighted by Crippen LogP contribution is 2.43. The van der Waals surface area contributed by atoms with Crippen molar-refractivity contribution in [3.63, 3.8) is 0 Å². The van der Waals surface area contributed by atoms with Gasteiger partial charge >= 0.3 is 0 Å². The van der Waals surface area contributed by atoms with Crippen LogP contribution in [0.3, 0.4) is 0 Å². The van der Waals surface area contributed by atoms with Gasteiger partial charge in [0.1, 0.15) is 11.8 Å². The van der Waals surface area contributed by atoms with Gasteiger partial charge in [-0.3, -0.25) is 14.5 Å². The molecule has 0 fully saturated rings. The third-order valence-electron chi connectivity index (χ3n) is 4.56. The van der Waals surface area contributed by atoms with Crippen LogP contribution in [0.4, 0.5) is 14.5 Å². The van der Waals surface area contributed by atoms with Crippen LogP contribution in [-0.2, 0) is 4.79 Å². The number of aromatic nitrogens is 1. The summed E-state index contributed by atoms with van der Waals surface area (Å²) < 4.78 is 32.6. The lowest BCUT2D eigenvalue weighted by Gasteiger charge is -2.25. The standard InChI is InChI=1S/C20H14F2N2O4S/c1-9-19(29-10(2)23-9)17(25)15-16(14-4-3-7-28-14)24(20(27)18(15)26)11-5-6-12(21)13(22)8-11/h3-8,16,26H,1-2H3. The molecule has 2 aromatic heterocycles. The van der Waals surface area contributed by atoms with E-state index in [1.165, 1.54) is 18.4 Å². The zero-order valence-electron chi connectivity index (χ0n) is 15.3. The van der Waals surface area contributed by atoms with Crippen molar-refractivity contribution in [3.8, 4) is 0 Å². The first-order valence-corrected chi connectivity index (χ1v) is 9.35. The maximum absolute atomic E-state index is 13.8. The van der Waals surface area contributed by atoms with Crippen molar-refractivity contribution in [2.45, 2.75) is 19.9 Å². The Morgan fingerprint density at radius 3 is 2.59 bits per heavy atom. The molecular weight excluding hydrogens is 402 g/mol. The molecule has 1 aliphatic rings. The van der Waals surface area contributed by atoms with Gasteiger partial charge in [0.15, 0.2) is 17.4 Å². The molecule has 9 heteroatoms. The second-order valence-electron chi connectivity index (χ2n) is 6.43. The number of furan rings is 1. The van der Waals surface area contributed by atoms with Crippen LogP contribution in [0.15, 0.2) is 52.3 Å². The van der Waals surface area contributed by atoms with Crippen LogP contribution in [0.2, 0.25) is 0 Å². The molecule has 0 saturated carbocycles. The molecule has 3 aromatic rings. The summed E-state index contributed by atoms with van der Waals surface area (Å²) in [6.45, 7) is 3.39. The summed E-state index contributed by atoms with van der Waals surface area (Å²) in [4.78, 5) is 31.6. The third-order valence-corrected chi connectivity index (χ3v) is 5.63. The molecule has 1 N–H and O–H groups in total. The summed E-state index contributed by atoms with van der Waals surface area (Å²) in [6.07, 6.45) is 1.35. The molecule has 0 spiro atoms. The fraction of sp³-hybridized carbons (Fsp3) is 0.150. The number of thiazole rings is 1. The molecule has 6 nitrogen and oxygen atoms in total. The maximum atomic E-state index is 13.8. The quantitative estimate of drug-likeness (QED) is 0.637. The largest absolute Gasteiger partial charge is 0.503 e. The van der Waals surface area contributed by atoms with Gasteiger partial charge in [0.05, 0.1) is 27.4 Å². The van der Waals surface area contributed by atoms with Crippen LogP contribution in [-0.4, -0.2) is 21.8 Å². The summed E-state index contributed by atoms with van der Waals surface area (Å²) in [5.74, 6) is -4.33. The highest BCUT2D eigenvalue weighted by molar-refractivity contribution is 7.14. The predicted molar refractivity (Wildman–Crippen MR) is 101 cm³/mol. The molecule has 1 atom stereocenters. The number of hydrogen-bond donors (Lipinski definition) is 1. The fourth-order valence-corrected chi connectivity index (χ4v) is 4.19. The predicted octanol–water partition coefficient (Wildman–Crippen LogP) is 4.41. The number of anilines is 1. The Labute approximate surface area is 167 Å². The van der Waals surface area contributed by atoms with E-state index in [0.29, 0.717) is 10.7 Å². The van der Waals surface area contributed by atoms with Gasteiger partial charge in [-0.25, -0.2) is 13.8 Å². The zero-order valence-corrected chi connectivity index (χ0v) is 16.1. The monoisotopic (exact) mass is 416 g/mol. The number of ketones is 1. The molecule has 4 rings (SSSR count). The number of rotatable bonds is 4. The molecule has 148 valence electrons. The van der Waals surface area contributed by atoms with Crippen LogP contribution in [0.1, 0.15) is 32.2 Å². The van der Waals surface area contributed by atoms with Crippen molar-refractivity contribution in [2.24, 2.45) is 0 Å². The average molecular weight is 416 g/mol. The number of Topliss-reactive ketones (excluding diaryl/α,β-unsaturated/α-hetero) is 1. The van der Waals surface area contributed by atoms with Crippen molar-refractivity contribution in [3.05, 3.63) is 80.9 Å². The Morgan fingerprint density at radius 1 is 1.24 bits per heavy atom. The Morgan fingerprint density at radius 2 is 2.00 bits per heavy atom. The Bertz CT molecular complexity index is 1170. The van der Waals surface area contributed by atoms with Gasteiger partial charge in [0.2, 0.25) is 5.78 Å². The van der Waals surface area contributed by atoms with Crippen molar-refractivity contribution in [1.82, 2.24) is 4.98 Å². The highest BCUT2D eigenvalue weighted by Gasteiger charge is 2.46. The van der Waals surface area contributed by atoms with Gasteiger partial charge < -0.3 is 9.52 Å². The number of carbonyl (C=O) groups is 2. The van der Waals surface area contributed by atoms with E-state index < -0.39 is 35.1 Å². The SMILES string of the molecule is Cc1nc(C)c(C(=O)C2=C(O)C(=O)N(c3ccc(F)c(F)c3)C2c2ccco2)s1. The lowest BCUT2D eigenvalue weighted by Crippen LogP contribution is -2.31. The first-order valence-electron chi connectivity index (χ1n) is 8.53. The molecule has 1 aliphatic heterocycles. The molecule has 1 aromatic carbocycles. The molecule has 0 bridgehead atoms. The number of carbonyl (C=O) groups excluding carboxylic acids is 2. The first-order chi connectivity index (χ1) is 13.8. The Kier molecular flexibility index (Phi) is 4.54. The Balaban J connectivity index is 1.88. The lowest BCUT2D eigenvalue weighted by molar-refractivity contribution is -0.117. The normalized spacial score (nSPS) is 16.8. The topological polar surface area (TPSA) is 83.6 Å². The van der Waals surface area contributed by atoms with E-state index in [0.717, 1.165) is 28.4 Å². The van der Waals surface area contributed by atoms with Gasteiger partial charge in [-0.2, -0.15) is 0 Å². The average Bonchev–Trinajstić information content (AvgIpc) is 3.37. The van der Waals surface area contributed by atoms with Gasteiger partial charge in [-0.1, -0.05) is 0 Å². The van der Waals surface area contributed by atoms with Crippen molar-refractivity contribution < 1.29 is 27.9 Å². The number of aliphatic hydroxyl groups excluding tert-OH is 1. The molecule has 29 heavy (non-hydrogen) atoms. The van der Waals surface area contributed by atoms with Gasteiger partial charge in [-0.05, 0) is 38.1 Å². The summed E-state index contributed by atoms with van der Waals surface area (Å²) in [5.41, 5.74) is 0.234. The number of hydrogen-bond acceptors (Lipinski definition) is 6. The molecular formula is C20H14F2N2O4S. The van der Waals surface area contributed by atoms with E-state index in [-0.39, 0.29) is 21.9 Å². The second-order valence-corrected chi connectivity index (χ2v) is 7.63. The number of amides is 1. The molecule has 1 amide bonds. The van der Waals surface area contributed by atoms with E-state index in [1.807, 2.05) is 0 Å².